The molecule has 0 unspecified atom stereocenters. The number of nitrogens with zero attached hydrogens (tertiary/aromatic N) is 3. The fraction of sp³-hybridized carbons (Fsp3) is 0.433. The summed E-state index contributed by atoms with van der Waals surface area (Å²) in [6, 6.07) is 15.8. The highest BCUT2D eigenvalue weighted by molar-refractivity contribution is 5.86. The number of benzene rings is 3. The number of piperazine rings is 1. The van der Waals surface area contributed by atoms with Crippen LogP contribution in [0.25, 0.3) is 10.8 Å². The van der Waals surface area contributed by atoms with Crippen LogP contribution in [0.3, 0.4) is 0 Å². The number of carbonyl (C=O) groups is 1. The molecule has 0 radical (unpaired) electrons. The zero-order chi connectivity index (χ0) is 29.1. The van der Waals surface area contributed by atoms with Crippen LogP contribution < -0.4 is 10.2 Å². The average Bonchev–Trinajstić information content (AvgIpc) is 2.96. The van der Waals surface area contributed by atoms with E-state index in [9.17, 15) is 28.1 Å². The van der Waals surface area contributed by atoms with Gasteiger partial charge in [-0.15, -0.1) is 0 Å². The van der Waals surface area contributed by atoms with E-state index in [2.05, 4.69) is 53.5 Å². The Morgan fingerprint density at radius 1 is 0.976 bits per heavy atom. The predicted molar refractivity (Wildman–Crippen MR) is 151 cm³/mol. The molecule has 11 heteroatoms. The second kappa shape index (κ2) is 11.9. The Labute approximate surface area is 236 Å². The van der Waals surface area contributed by atoms with Gasteiger partial charge in [0.1, 0.15) is 12.2 Å². The normalized spacial score (nSPS) is 19.8. The summed E-state index contributed by atoms with van der Waals surface area (Å²) in [5, 5.41) is 16.5. The molecular weight excluding hydrogens is 537 g/mol. The fourth-order valence-corrected chi connectivity index (χ4v) is 5.67. The van der Waals surface area contributed by atoms with E-state index in [1.54, 1.807) is 0 Å². The maximum atomic E-state index is 13.3. The zero-order valence-electron chi connectivity index (χ0n) is 22.8. The van der Waals surface area contributed by atoms with Crippen molar-refractivity contribution in [2.75, 3.05) is 43.0 Å². The topological polar surface area (TPSA) is 88.0 Å². The van der Waals surface area contributed by atoms with Crippen LogP contribution in [-0.2, 0) is 15.7 Å². The van der Waals surface area contributed by atoms with E-state index < -0.39 is 22.4 Å². The third kappa shape index (κ3) is 6.90. The number of ether oxygens (including phenoxy) is 1. The maximum absolute atomic E-state index is 13.3. The highest BCUT2D eigenvalue weighted by atomic mass is 19.4. The highest BCUT2D eigenvalue weighted by Gasteiger charge is 2.38. The molecule has 1 saturated heterocycles. The number of alkyl halides is 3. The van der Waals surface area contributed by atoms with Crippen LogP contribution in [0.15, 0.2) is 54.6 Å². The molecule has 3 aromatic carbocycles. The summed E-state index contributed by atoms with van der Waals surface area (Å²) in [6.45, 7) is 4.84. The molecule has 218 valence electrons. The summed E-state index contributed by atoms with van der Waals surface area (Å²) in [6.07, 6.45) is -2.27. The summed E-state index contributed by atoms with van der Waals surface area (Å²) in [4.78, 5) is 26.9. The molecule has 0 atom stereocenters. The van der Waals surface area contributed by atoms with Crippen molar-refractivity contribution in [1.82, 2.24) is 4.90 Å². The SMILES string of the molecule is Cc1ccc2cc(N3CCN(C(=O)COC4CCC(Nc5ccc([N+](=O)[O-])c(C(F)(F)F)c5)CC4)CC3)ccc2c1. The molecule has 2 aliphatic rings. The maximum Gasteiger partial charge on any atom is 0.423 e. The lowest BCUT2D eigenvalue weighted by molar-refractivity contribution is -0.388. The van der Waals surface area contributed by atoms with Gasteiger partial charge in [-0.2, -0.15) is 13.2 Å². The standard InChI is InChI=1S/C30H33F3N4O4/c1-20-2-3-22-17-25(8-4-21(22)16-20)35-12-14-36(15-13-35)29(38)19-41-26-9-5-23(6-10-26)34-24-7-11-28(37(39)40)27(18-24)30(31,32)33/h2-4,7-8,11,16-18,23,26,34H,5-6,9-10,12-15,19H2,1H3. The molecule has 1 aliphatic carbocycles. The van der Waals surface area contributed by atoms with Gasteiger partial charge >= 0.3 is 6.18 Å². The molecule has 8 nitrogen and oxygen atoms in total. The van der Waals surface area contributed by atoms with Gasteiger partial charge in [0.15, 0.2) is 0 Å². The predicted octanol–water partition coefficient (Wildman–Crippen LogP) is 6.16. The van der Waals surface area contributed by atoms with E-state index in [0.29, 0.717) is 38.8 Å². The summed E-state index contributed by atoms with van der Waals surface area (Å²) in [5.74, 6) is -0.0376. The van der Waals surface area contributed by atoms with Gasteiger partial charge < -0.3 is 19.9 Å². The minimum Gasteiger partial charge on any atom is -0.382 e. The van der Waals surface area contributed by atoms with Crippen LogP contribution in [0, 0.1) is 17.0 Å². The first-order valence-electron chi connectivity index (χ1n) is 13.8. The molecule has 2 fully saturated rings. The average molecular weight is 571 g/mol. The first-order valence-corrected chi connectivity index (χ1v) is 13.8. The second-order valence-corrected chi connectivity index (χ2v) is 10.8. The number of fused-ring (bicyclic) bond motifs is 1. The number of nitro groups is 1. The van der Waals surface area contributed by atoms with Crippen LogP contribution in [0.5, 0.6) is 0 Å². The first-order chi connectivity index (χ1) is 19.6. The van der Waals surface area contributed by atoms with Gasteiger partial charge in [0.05, 0.1) is 11.0 Å². The minimum absolute atomic E-state index is 0.00931. The molecule has 0 bridgehead atoms. The summed E-state index contributed by atoms with van der Waals surface area (Å²) < 4.78 is 45.8. The number of hydrogen-bond acceptors (Lipinski definition) is 6. The molecule has 1 aliphatic heterocycles. The van der Waals surface area contributed by atoms with Crippen LogP contribution in [0.1, 0.15) is 36.8 Å². The van der Waals surface area contributed by atoms with E-state index in [4.69, 9.17) is 4.74 Å². The van der Waals surface area contributed by atoms with Crippen molar-refractivity contribution in [2.45, 2.75) is 50.9 Å². The summed E-state index contributed by atoms with van der Waals surface area (Å²) in [5.41, 5.74) is 0.347. The zero-order valence-corrected chi connectivity index (χ0v) is 22.8. The second-order valence-electron chi connectivity index (χ2n) is 10.8. The summed E-state index contributed by atoms with van der Waals surface area (Å²) in [7, 11) is 0. The molecule has 1 heterocycles. The molecule has 1 amide bonds. The van der Waals surface area contributed by atoms with Gasteiger partial charge in [-0.05, 0) is 67.6 Å². The number of amides is 1. The third-order valence-corrected chi connectivity index (χ3v) is 7.96. The quantitative estimate of drug-likeness (QED) is 0.270. The van der Waals surface area contributed by atoms with Gasteiger partial charge in [0.25, 0.3) is 5.69 Å². The van der Waals surface area contributed by atoms with E-state index in [1.807, 2.05) is 4.90 Å². The van der Waals surface area contributed by atoms with E-state index in [0.717, 1.165) is 30.9 Å². The summed E-state index contributed by atoms with van der Waals surface area (Å²) >= 11 is 0. The molecule has 3 aromatic rings. The van der Waals surface area contributed by atoms with Crippen LogP contribution in [0.4, 0.5) is 30.2 Å². The van der Waals surface area contributed by atoms with E-state index in [-0.39, 0.29) is 30.3 Å². The number of carbonyl (C=O) groups excluding carboxylic acids is 1. The number of rotatable bonds is 7. The Hall–Kier alpha value is -3.86. The van der Waals surface area contributed by atoms with Crippen molar-refractivity contribution in [3.05, 3.63) is 75.8 Å². The lowest BCUT2D eigenvalue weighted by Gasteiger charge is -2.36. The number of anilines is 2. The number of hydrogen-bond donors (Lipinski definition) is 1. The van der Waals surface area contributed by atoms with Crippen LogP contribution >= 0.6 is 0 Å². The number of aryl methyl sites for hydroxylation is 1. The lowest BCUT2D eigenvalue weighted by atomic mass is 9.92. The largest absolute Gasteiger partial charge is 0.423 e. The highest BCUT2D eigenvalue weighted by Crippen LogP contribution is 2.38. The Kier molecular flexibility index (Phi) is 8.35. The minimum atomic E-state index is -4.82. The van der Waals surface area contributed by atoms with E-state index >= 15 is 0 Å². The van der Waals surface area contributed by atoms with Crippen molar-refractivity contribution >= 4 is 33.7 Å². The van der Waals surface area contributed by atoms with Gasteiger partial charge in [0, 0.05) is 49.7 Å². The monoisotopic (exact) mass is 570 g/mol. The molecule has 0 aromatic heterocycles. The lowest BCUT2D eigenvalue weighted by Crippen LogP contribution is -2.50. The van der Waals surface area contributed by atoms with Crippen molar-refractivity contribution < 1.29 is 27.6 Å². The molecule has 1 saturated carbocycles. The van der Waals surface area contributed by atoms with Gasteiger partial charge in [0.2, 0.25) is 5.91 Å². The smallest absolute Gasteiger partial charge is 0.382 e. The Bertz CT molecular complexity index is 1410. The van der Waals surface area contributed by atoms with Gasteiger partial charge in [-0.3, -0.25) is 14.9 Å². The van der Waals surface area contributed by atoms with Crippen LogP contribution in [-0.4, -0.2) is 60.7 Å². The number of nitro benzene ring substituents is 1. The van der Waals surface area contributed by atoms with Crippen molar-refractivity contribution in [3.8, 4) is 0 Å². The molecule has 1 N–H and O–H groups in total. The molecule has 41 heavy (non-hydrogen) atoms. The molecule has 5 rings (SSSR count). The number of halogens is 3. The molecular formula is C30H33F3N4O4. The van der Waals surface area contributed by atoms with Crippen LogP contribution in [0.2, 0.25) is 0 Å². The Morgan fingerprint density at radius 3 is 2.34 bits per heavy atom. The van der Waals surface area contributed by atoms with Crippen molar-refractivity contribution in [2.24, 2.45) is 0 Å². The van der Waals surface area contributed by atoms with E-state index in [1.165, 1.54) is 22.4 Å². The Morgan fingerprint density at radius 2 is 1.66 bits per heavy atom. The first kappa shape index (κ1) is 28.7. The van der Waals surface area contributed by atoms with Crippen molar-refractivity contribution in [3.63, 3.8) is 0 Å². The van der Waals surface area contributed by atoms with Gasteiger partial charge in [-0.1, -0.05) is 29.8 Å². The van der Waals surface area contributed by atoms with Gasteiger partial charge in [-0.25, -0.2) is 0 Å². The fourth-order valence-electron chi connectivity index (χ4n) is 5.67. The van der Waals surface area contributed by atoms with Crippen molar-refractivity contribution in [1.29, 1.82) is 0 Å². The Balaban J connectivity index is 1.05. The molecule has 0 spiro atoms. The number of nitrogens with one attached hydrogen (secondary N) is 1. The third-order valence-electron chi connectivity index (χ3n) is 7.96.